The van der Waals surface area contributed by atoms with Crippen molar-refractivity contribution < 1.29 is 23.4 Å². The van der Waals surface area contributed by atoms with Crippen molar-refractivity contribution in [2.24, 2.45) is 0 Å². The Morgan fingerprint density at radius 1 is 1.56 bits per heavy atom. The molecule has 0 saturated heterocycles. The fraction of sp³-hybridized carbons (Fsp3) is 0.300. The van der Waals surface area contributed by atoms with E-state index in [9.17, 15) is 13.6 Å². The molecule has 0 radical (unpaired) electrons. The molecule has 0 heterocycles. The molecule has 0 aliphatic heterocycles. The van der Waals surface area contributed by atoms with Crippen LogP contribution in [-0.4, -0.2) is 18.2 Å². The van der Waals surface area contributed by atoms with Crippen molar-refractivity contribution >= 4 is 21.9 Å². The molecule has 16 heavy (non-hydrogen) atoms. The molecule has 1 aromatic rings. The predicted molar refractivity (Wildman–Crippen MR) is 56.6 cm³/mol. The van der Waals surface area contributed by atoms with Crippen LogP contribution in [0.15, 0.2) is 10.5 Å². The summed E-state index contributed by atoms with van der Waals surface area (Å²) in [6.45, 7) is 0. The third-order valence-electron chi connectivity index (χ3n) is 2.03. The zero-order valence-electron chi connectivity index (χ0n) is 8.39. The molecule has 1 rings (SSSR count). The minimum absolute atomic E-state index is 0.00297. The summed E-state index contributed by atoms with van der Waals surface area (Å²) in [5.74, 6) is -2.70. The minimum Gasteiger partial charge on any atom is -0.495 e. The number of rotatable bonds is 4. The second kappa shape index (κ2) is 5.25. The van der Waals surface area contributed by atoms with Crippen LogP contribution >= 0.6 is 15.9 Å². The molecule has 0 spiro atoms. The number of aliphatic carboxylic acids is 1. The lowest BCUT2D eigenvalue weighted by atomic mass is 10.1. The summed E-state index contributed by atoms with van der Waals surface area (Å²) in [5.41, 5.74) is -0.255. The van der Waals surface area contributed by atoms with Crippen molar-refractivity contribution in [3.05, 3.63) is 27.7 Å². The van der Waals surface area contributed by atoms with Gasteiger partial charge in [-0.25, -0.2) is 8.78 Å². The van der Waals surface area contributed by atoms with Crippen molar-refractivity contribution in [2.75, 3.05) is 7.11 Å². The Hall–Kier alpha value is -1.17. The van der Waals surface area contributed by atoms with Gasteiger partial charge in [0, 0.05) is 18.1 Å². The van der Waals surface area contributed by atoms with Crippen molar-refractivity contribution in [1.29, 1.82) is 0 Å². The number of hydrogen-bond donors (Lipinski definition) is 1. The molecule has 0 aliphatic carbocycles. The Kier molecular flexibility index (Phi) is 4.23. The van der Waals surface area contributed by atoms with E-state index in [0.717, 1.165) is 6.07 Å². The molecule has 0 atom stereocenters. The quantitative estimate of drug-likeness (QED) is 0.869. The van der Waals surface area contributed by atoms with Gasteiger partial charge in [0.2, 0.25) is 0 Å². The molecular weight excluding hydrogens is 286 g/mol. The van der Waals surface area contributed by atoms with E-state index in [1.165, 1.54) is 7.11 Å². The van der Waals surface area contributed by atoms with Crippen molar-refractivity contribution in [3.8, 4) is 5.75 Å². The van der Waals surface area contributed by atoms with E-state index in [0.29, 0.717) is 0 Å². The molecule has 0 aliphatic rings. The standard InChI is InChI=1S/C10H9BrF2O3/c1-16-7-4-6(12)5(2-3-8(14)15)10(13)9(7)11/h4H,2-3H2,1H3,(H,14,15). The van der Waals surface area contributed by atoms with E-state index in [2.05, 4.69) is 15.9 Å². The smallest absolute Gasteiger partial charge is 0.303 e. The van der Waals surface area contributed by atoms with Crippen LogP contribution in [-0.2, 0) is 11.2 Å². The Morgan fingerprint density at radius 3 is 2.69 bits per heavy atom. The largest absolute Gasteiger partial charge is 0.495 e. The summed E-state index contributed by atoms with van der Waals surface area (Å²) < 4.78 is 31.7. The van der Waals surface area contributed by atoms with Gasteiger partial charge in [-0.05, 0) is 22.4 Å². The second-order valence-electron chi connectivity index (χ2n) is 3.06. The van der Waals surface area contributed by atoms with Crippen LogP contribution in [0.1, 0.15) is 12.0 Å². The summed E-state index contributed by atoms with van der Waals surface area (Å²) >= 11 is 2.92. The SMILES string of the molecule is COc1cc(F)c(CCC(=O)O)c(F)c1Br. The van der Waals surface area contributed by atoms with Crippen molar-refractivity contribution in [2.45, 2.75) is 12.8 Å². The summed E-state index contributed by atoms with van der Waals surface area (Å²) in [6.07, 6.45) is -0.526. The van der Waals surface area contributed by atoms with Crippen molar-refractivity contribution in [3.63, 3.8) is 0 Å². The van der Waals surface area contributed by atoms with Crippen LogP contribution in [0.4, 0.5) is 8.78 Å². The molecule has 88 valence electrons. The average molecular weight is 295 g/mol. The first-order chi connectivity index (χ1) is 7.47. The number of carbonyl (C=O) groups is 1. The van der Waals surface area contributed by atoms with Gasteiger partial charge in [-0.15, -0.1) is 0 Å². The third-order valence-corrected chi connectivity index (χ3v) is 2.77. The Bertz CT molecular complexity index is 421. The first-order valence-electron chi connectivity index (χ1n) is 4.39. The average Bonchev–Trinajstić information content (AvgIpc) is 2.22. The molecule has 0 fully saturated rings. The van der Waals surface area contributed by atoms with Crippen LogP contribution in [0, 0.1) is 11.6 Å². The van der Waals surface area contributed by atoms with Gasteiger partial charge in [-0.3, -0.25) is 4.79 Å². The van der Waals surface area contributed by atoms with E-state index in [4.69, 9.17) is 9.84 Å². The summed E-state index contributed by atoms with van der Waals surface area (Å²) in [5, 5.41) is 8.45. The third kappa shape index (κ3) is 2.69. The fourth-order valence-corrected chi connectivity index (χ4v) is 1.74. The number of benzene rings is 1. The molecular formula is C10H9BrF2O3. The van der Waals surface area contributed by atoms with Gasteiger partial charge in [0.05, 0.1) is 11.6 Å². The van der Waals surface area contributed by atoms with Crippen LogP contribution in [0.5, 0.6) is 5.75 Å². The molecule has 0 aromatic heterocycles. The topological polar surface area (TPSA) is 46.5 Å². The minimum atomic E-state index is -1.11. The highest BCUT2D eigenvalue weighted by atomic mass is 79.9. The number of hydrogen-bond acceptors (Lipinski definition) is 2. The normalized spacial score (nSPS) is 10.2. The number of methoxy groups -OCH3 is 1. The zero-order valence-corrected chi connectivity index (χ0v) is 9.98. The zero-order chi connectivity index (χ0) is 12.3. The van der Waals surface area contributed by atoms with E-state index in [1.54, 1.807) is 0 Å². The van der Waals surface area contributed by atoms with Gasteiger partial charge in [-0.2, -0.15) is 0 Å². The number of carboxylic acid groups (broad SMARTS) is 1. The van der Waals surface area contributed by atoms with E-state index in [-0.39, 0.29) is 28.6 Å². The maximum atomic E-state index is 13.6. The molecule has 1 aromatic carbocycles. The van der Waals surface area contributed by atoms with Gasteiger partial charge in [-0.1, -0.05) is 0 Å². The molecule has 0 amide bonds. The maximum Gasteiger partial charge on any atom is 0.303 e. The lowest BCUT2D eigenvalue weighted by Gasteiger charge is -2.09. The molecule has 6 heteroatoms. The monoisotopic (exact) mass is 294 g/mol. The fourth-order valence-electron chi connectivity index (χ4n) is 1.22. The highest BCUT2D eigenvalue weighted by Gasteiger charge is 2.17. The molecule has 0 saturated carbocycles. The van der Waals surface area contributed by atoms with Crippen LogP contribution in [0.2, 0.25) is 0 Å². The Balaban J connectivity index is 3.10. The van der Waals surface area contributed by atoms with Crippen molar-refractivity contribution in [1.82, 2.24) is 0 Å². The molecule has 0 unspecified atom stereocenters. The lowest BCUT2D eigenvalue weighted by molar-refractivity contribution is -0.136. The number of carboxylic acids is 1. The molecule has 0 bridgehead atoms. The van der Waals surface area contributed by atoms with Gasteiger partial charge in [0.25, 0.3) is 0 Å². The molecule has 3 nitrogen and oxygen atoms in total. The van der Waals surface area contributed by atoms with Gasteiger partial charge >= 0.3 is 5.97 Å². The predicted octanol–water partition coefficient (Wildman–Crippen LogP) is 2.75. The van der Waals surface area contributed by atoms with Gasteiger partial charge < -0.3 is 9.84 Å². The van der Waals surface area contributed by atoms with E-state index in [1.807, 2.05) is 0 Å². The second-order valence-corrected chi connectivity index (χ2v) is 3.85. The summed E-state index contributed by atoms with van der Waals surface area (Å²) in [4.78, 5) is 10.3. The van der Waals surface area contributed by atoms with E-state index >= 15 is 0 Å². The highest BCUT2D eigenvalue weighted by Crippen LogP contribution is 2.32. The van der Waals surface area contributed by atoms with Crippen LogP contribution in [0.25, 0.3) is 0 Å². The molecule has 1 N–H and O–H groups in total. The lowest BCUT2D eigenvalue weighted by Crippen LogP contribution is -2.03. The highest BCUT2D eigenvalue weighted by molar-refractivity contribution is 9.10. The van der Waals surface area contributed by atoms with Gasteiger partial charge in [0.15, 0.2) is 0 Å². The first kappa shape index (κ1) is 12.9. The van der Waals surface area contributed by atoms with Gasteiger partial charge in [0.1, 0.15) is 17.4 Å². The maximum absolute atomic E-state index is 13.6. The number of halogens is 3. The first-order valence-corrected chi connectivity index (χ1v) is 5.18. The summed E-state index contributed by atoms with van der Waals surface area (Å²) in [7, 11) is 1.29. The van der Waals surface area contributed by atoms with Crippen LogP contribution < -0.4 is 4.74 Å². The van der Waals surface area contributed by atoms with E-state index < -0.39 is 17.6 Å². The van der Waals surface area contributed by atoms with Crippen LogP contribution in [0.3, 0.4) is 0 Å². The Morgan fingerprint density at radius 2 is 2.19 bits per heavy atom. The summed E-state index contributed by atoms with van der Waals surface area (Å²) in [6, 6.07) is 1.02. The number of ether oxygens (including phenoxy) is 1. The Labute approximate surface area is 99.2 Å².